The van der Waals surface area contributed by atoms with Gasteiger partial charge in [-0.15, -0.1) is 0 Å². The number of oxime groups is 1. The van der Waals surface area contributed by atoms with Gasteiger partial charge in [-0.25, -0.2) is 4.79 Å². The second-order valence-electron chi connectivity index (χ2n) is 3.54. The zero-order valence-electron chi connectivity index (χ0n) is 10.7. The summed E-state index contributed by atoms with van der Waals surface area (Å²) in [5.74, 6) is -0.590. The van der Waals surface area contributed by atoms with E-state index in [-0.39, 0.29) is 10.7 Å². The van der Waals surface area contributed by atoms with Gasteiger partial charge in [0.25, 0.3) is 0 Å². The predicted octanol–water partition coefficient (Wildman–Crippen LogP) is 3.49. The number of halogens is 2. The van der Waals surface area contributed by atoms with Crippen molar-refractivity contribution in [2.45, 2.75) is 20.3 Å². The van der Waals surface area contributed by atoms with E-state index in [0.717, 1.165) is 0 Å². The monoisotopic (exact) mass is 302 g/mol. The summed E-state index contributed by atoms with van der Waals surface area (Å²) in [5.41, 5.74) is 0.383. The molecule has 0 fully saturated rings. The minimum absolute atomic E-state index is 0.00761. The Kier molecular flexibility index (Phi) is 6.67. The Morgan fingerprint density at radius 3 is 2.74 bits per heavy atom. The van der Waals surface area contributed by atoms with Crippen molar-refractivity contribution in [3.05, 3.63) is 33.8 Å². The maximum absolute atomic E-state index is 11.9. The summed E-state index contributed by atoms with van der Waals surface area (Å²) in [4.78, 5) is 16.8. The lowest BCUT2D eigenvalue weighted by molar-refractivity contribution is -0.135. The first-order valence-electron chi connectivity index (χ1n) is 5.84. The third-order valence-corrected chi connectivity index (χ3v) is 2.57. The molecule has 0 N–H and O–H groups in total. The van der Waals surface area contributed by atoms with Crippen LogP contribution in [0.5, 0.6) is 0 Å². The highest BCUT2D eigenvalue weighted by molar-refractivity contribution is 6.47. The fourth-order valence-corrected chi connectivity index (χ4v) is 1.68. The van der Waals surface area contributed by atoms with Gasteiger partial charge in [0.1, 0.15) is 6.61 Å². The minimum Gasteiger partial charge on any atom is -0.461 e. The molecule has 1 radical (unpaired) electrons. The summed E-state index contributed by atoms with van der Waals surface area (Å²) in [5, 5.41) is 4.39. The highest BCUT2D eigenvalue weighted by Gasteiger charge is 2.20. The van der Waals surface area contributed by atoms with Crippen molar-refractivity contribution in [1.82, 2.24) is 0 Å². The van der Waals surface area contributed by atoms with Crippen LogP contribution in [0.3, 0.4) is 0 Å². The molecule has 0 saturated heterocycles. The SMILES string of the molecule is CCCOC(=O)C(=NOCC)c1c[c]c(Cl)cc1Cl. The molecule has 0 spiro atoms. The Balaban J connectivity index is 3.06. The predicted molar refractivity (Wildman–Crippen MR) is 74.7 cm³/mol. The van der Waals surface area contributed by atoms with Crippen LogP contribution < -0.4 is 0 Å². The van der Waals surface area contributed by atoms with Crippen LogP contribution in [-0.2, 0) is 14.4 Å². The molecule has 0 atom stereocenters. The Hall–Kier alpha value is -1.26. The lowest BCUT2D eigenvalue weighted by Crippen LogP contribution is -2.20. The van der Waals surface area contributed by atoms with Gasteiger partial charge in [0.05, 0.1) is 11.6 Å². The van der Waals surface area contributed by atoms with E-state index in [1.165, 1.54) is 12.1 Å². The summed E-state index contributed by atoms with van der Waals surface area (Å²) in [7, 11) is 0. The van der Waals surface area contributed by atoms with Crippen LogP contribution in [0.2, 0.25) is 10.0 Å². The van der Waals surface area contributed by atoms with Gasteiger partial charge in [0.15, 0.2) is 5.71 Å². The summed E-state index contributed by atoms with van der Waals surface area (Å²) in [6.07, 6.45) is 0.716. The van der Waals surface area contributed by atoms with Gasteiger partial charge >= 0.3 is 5.97 Å². The molecule has 0 aromatic heterocycles. The van der Waals surface area contributed by atoms with Gasteiger partial charge in [0.2, 0.25) is 0 Å². The van der Waals surface area contributed by atoms with Gasteiger partial charge in [-0.3, -0.25) is 0 Å². The molecule has 0 aliphatic heterocycles. The first-order valence-corrected chi connectivity index (χ1v) is 6.59. The molecule has 0 aliphatic rings. The van der Waals surface area contributed by atoms with Crippen LogP contribution in [-0.4, -0.2) is 24.9 Å². The second kappa shape index (κ2) is 8.02. The van der Waals surface area contributed by atoms with E-state index >= 15 is 0 Å². The maximum Gasteiger partial charge on any atom is 0.361 e. The number of carbonyl (C=O) groups is 1. The third-order valence-electron chi connectivity index (χ3n) is 2.04. The molecule has 1 aromatic rings. The number of esters is 1. The van der Waals surface area contributed by atoms with E-state index < -0.39 is 5.97 Å². The van der Waals surface area contributed by atoms with E-state index in [1.54, 1.807) is 6.92 Å². The van der Waals surface area contributed by atoms with Crippen LogP contribution >= 0.6 is 23.2 Å². The summed E-state index contributed by atoms with van der Waals surface area (Å²) < 4.78 is 5.03. The molecule has 6 heteroatoms. The van der Waals surface area contributed by atoms with E-state index in [1.807, 2.05) is 6.92 Å². The van der Waals surface area contributed by atoms with Crippen molar-refractivity contribution in [2.24, 2.45) is 5.16 Å². The fraction of sp³-hybridized carbons (Fsp3) is 0.385. The zero-order chi connectivity index (χ0) is 14.3. The van der Waals surface area contributed by atoms with Crippen molar-refractivity contribution in [2.75, 3.05) is 13.2 Å². The highest BCUT2D eigenvalue weighted by atomic mass is 35.5. The van der Waals surface area contributed by atoms with Gasteiger partial charge in [-0.2, -0.15) is 0 Å². The molecule has 0 aliphatic carbocycles. The second-order valence-corrected chi connectivity index (χ2v) is 4.35. The Bertz CT molecular complexity index is 475. The van der Waals surface area contributed by atoms with Crippen molar-refractivity contribution in [3.63, 3.8) is 0 Å². The number of hydrogen-bond donors (Lipinski definition) is 0. The number of benzene rings is 1. The molecule has 103 valence electrons. The Morgan fingerprint density at radius 1 is 1.42 bits per heavy atom. The number of nitrogens with zero attached hydrogens (tertiary/aromatic N) is 1. The lowest BCUT2D eigenvalue weighted by Gasteiger charge is -2.08. The molecule has 0 bridgehead atoms. The molecule has 19 heavy (non-hydrogen) atoms. The largest absolute Gasteiger partial charge is 0.461 e. The normalized spacial score (nSPS) is 11.3. The van der Waals surface area contributed by atoms with Gasteiger partial charge in [0, 0.05) is 16.7 Å². The van der Waals surface area contributed by atoms with Crippen LogP contribution in [0.15, 0.2) is 17.3 Å². The third kappa shape index (κ3) is 4.73. The van der Waals surface area contributed by atoms with E-state index in [0.29, 0.717) is 30.2 Å². The first-order chi connectivity index (χ1) is 9.10. The van der Waals surface area contributed by atoms with Gasteiger partial charge in [-0.1, -0.05) is 35.3 Å². The first kappa shape index (κ1) is 15.8. The summed E-state index contributed by atoms with van der Waals surface area (Å²) >= 11 is 11.8. The molecule has 0 unspecified atom stereocenters. The standard InChI is InChI=1S/C13H14Cl2NO3/c1-3-7-18-13(17)12(16-19-4-2)10-6-5-9(14)8-11(10)15/h6,8H,3-4,7H2,1-2H3. The number of rotatable bonds is 6. The smallest absolute Gasteiger partial charge is 0.361 e. The number of carbonyl (C=O) groups excluding carboxylic acids is 1. The van der Waals surface area contributed by atoms with Crippen molar-refractivity contribution < 1.29 is 14.4 Å². The molecule has 0 heterocycles. The Morgan fingerprint density at radius 2 is 2.16 bits per heavy atom. The van der Waals surface area contributed by atoms with Crippen LogP contribution in [0.1, 0.15) is 25.8 Å². The lowest BCUT2D eigenvalue weighted by atomic mass is 10.1. The molecule has 1 aromatic carbocycles. The molecular formula is C13H14Cl2NO3. The van der Waals surface area contributed by atoms with E-state index in [9.17, 15) is 4.79 Å². The highest BCUT2D eigenvalue weighted by Crippen LogP contribution is 2.21. The number of hydrogen-bond acceptors (Lipinski definition) is 4. The average molecular weight is 303 g/mol. The van der Waals surface area contributed by atoms with Gasteiger partial charge in [-0.05, 0) is 25.5 Å². The topological polar surface area (TPSA) is 47.9 Å². The average Bonchev–Trinajstić information content (AvgIpc) is 2.38. The molecule has 1 rings (SSSR count). The molecular weight excluding hydrogens is 289 g/mol. The molecule has 4 nitrogen and oxygen atoms in total. The van der Waals surface area contributed by atoms with Crippen molar-refractivity contribution in [1.29, 1.82) is 0 Å². The van der Waals surface area contributed by atoms with E-state index in [4.69, 9.17) is 32.8 Å². The zero-order valence-corrected chi connectivity index (χ0v) is 12.2. The molecule has 0 amide bonds. The molecule has 0 saturated carbocycles. The van der Waals surface area contributed by atoms with E-state index in [2.05, 4.69) is 11.2 Å². The Labute approximate surface area is 122 Å². The fourth-order valence-electron chi connectivity index (χ4n) is 1.21. The quantitative estimate of drug-likeness (QED) is 0.459. The van der Waals surface area contributed by atoms with Crippen LogP contribution in [0, 0.1) is 6.07 Å². The number of ether oxygens (including phenoxy) is 1. The van der Waals surface area contributed by atoms with Crippen molar-refractivity contribution >= 4 is 34.9 Å². The van der Waals surface area contributed by atoms with Crippen molar-refractivity contribution in [3.8, 4) is 0 Å². The summed E-state index contributed by atoms with van der Waals surface area (Å²) in [6, 6.07) is 5.71. The maximum atomic E-state index is 11.9. The van der Waals surface area contributed by atoms with Crippen LogP contribution in [0.25, 0.3) is 0 Å². The minimum atomic E-state index is -0.590. The van der Waals surface area contributed by atoms with Gasteiger partial charge < -0.3 is 9.57 Å². The van der Waals surface area contributed by atoms with Crippen LogP contribution in [0.4, 0.5) is 0 Å². The summed E-state index contributed by atoms with van der Waals surface area (Å²) in [6.45, 7) is 4.29.